The summed E-state index contributed by atoms with van der Waals surface area (Å²) in [5, 5.41) is 10.0. The fraction of sp³-hybridized carbons (Fsp3) is 0.895. The van der Waals surface area contributed by atoms with Gasteiger partial charge in [0.15, 0.2) is 0 Å². The van der Waals surface area contributed by atoms with Gasteiger partial charge in [-0.25, -0.2) is 0 Å². The van der Waals surface area contributed by atoms with Crippen LogP contribution in [0.5, 0.6) is 0 Å². The maximum absolute atomic E-state index is 10.0. The Morgan fingerprint density at radius 3 is 0.925 bits per heavy atom. The number of nitrogens with two attached hydrogens (primary N) is 1. The second kappa shape index (κ2) is 34.6. The van der Waals surface area contributed by atoms with E-state index in [0.717, 1.165) is 12.8 Å². The van der Waals surface area contributed by atoms with Gasteiger partial charge in [-0.15, -0.1) is 0 Å². The molecule has 0 aliphatic heterocycles. The van der Waals surface area contributed by atoms with Crippen molar-refractivity contribution in [3.05, 3.63) is 24.3 Å². The lowest BCUT2D eigenvalue weighted by atomic mass is 9.93. The molecule has 2 nitrogen and oxygen atoms in total. The van der Waals surface area contributed by atoms with Crippen molar-refractivity contribution in [1.82, 2.24) is 0 Å². The Hall–Kier alpha value is -0.600. The summed E-state index contributed by atoms with van der Waals surface area (Å²) < 4.78 is 0. The number of allylic oxidation sites excluding steroid dienone is 4. The number of unbranched alkanes of at least 4 members (excludes halogenated alkanes) is 24. The van der Waals surface area contributed by atoms with Crippen molar-refractivity contribution in [3.63, 3.8) is 0 Å². The van der Waals surface area contributed by atoms with E-state index in [1.54, 1.807) is 0 Å². The van der Waals surface area contributed by atoms with Gasteiger partial charge in [0, 0.05) is 0 Å². The van der Waals surface area contributed by atoms with Gasteiger partial charge in [-0.05, 0) is 70.1 Å². The Kier molecular flexibility index (Phi) is 34.1. The van der Waals surface area contributed by atoms with Crippen LogP contribution < -0.4 is 5.73 Å². The van der Waals surface area contributed by atoms with Gasteiger partial charge in [0.1, 0.15) is 6.23 Å². The molecule has 0 rings (SSSR count). The third-order valence-corrected chi connectivity index (χ3v) is 8.66. The van der Waals surface area contributed by atoms with E-state index in [4.69, 9.17) is 5.73 Å². The Morgan fingerprint density at radius 1 is 0.400 bits per heavy atom. The van der Waals surface area contributed by atoms with Crippen molar-refractivity contribution < 1.29 is 5.11 Å². The molecule has 2 heteroatoms. The number of hydrogen-bond acceptors (Lipinski definition) is 2. The van der Waals surface area contributed by atoms with Crippen LogP contribution in [0.25, 0.3) is 0 Å². The predicted octanol–water partition coefficient (Wildman–Crippen LogP) is 12.7. The second-order valence-corrected chi connectivity index (χ2v) is 12.7. The molecule has 1 atom stereocenters. The summed E-state index contributed by atoms with van der Waals surface area (Å²) in [4.78, 5) is 0. The van der Waals surface area contributed by atoms with Gasteiger partial charge in [0.25, 0.3) is 0 Å². The normalized spacial score (nSPS) is 12.9. The van der Waals surface area contributed by atoms with Crippen LogP contribution in [0.15, 0.2) is 24.3 Å². The third kappa shape index (κ3) is 31.9. The highest BCUT2D eigenvalue weighted by Gasteiger charge is 2.14. The van der Waals surface area contributed by atoms with E-state index in [-0.39, 0.29) is 0 Å². The summed E-state index contributed by atoms with van der Waals surface area (Å²) in [7, 11) is 0. The standard InChI is InChI=1S/C38H75NO/c1-3-5-7-9-11-13-15-17-19-21-23-25-27-29-31-33-35-37(38(39)40)36-34-32-30-28-26-24-22-20-18-16-14-12-10-8-6-4-2/h17-20,37-38,40H,3-16,21-36,39H2,1-2H3/b19-17-,20-18-. The van der Waals surface area contributed by atoms with Crippen LogP contribution in [0, 0.1) is 5.92 Å². The molecule has 40 heavy (non-hydrogen) atoms. The molecular formula is C38H75NO. The first-order valence-electron chi connectivity index (χ1n) is 18.5. The lowest BCUT2D eigenvalue weighted by Crippen LogP contribution is -2.29. The number of aliphatic hydroxyl groups excluding tert-OH is 1. The SMILES string of the molecule is CCCCCCCC/C=C\CCCCCCCCC(CCCCCCCC/C=C\CCCCCCCC)C(N)O. The van der Waals surface area contributed by atoms with E-state index in [2.05, 4.69) is 38.2 Å². The van der Waals surface area contributed by atoms with Crippen LogP contribution in [-0.2, 0) is 0 Å². The summed E-state index contributed by atoms with van der Waals surface area (Å²) in [6.45, 7) is 4.57. The van der Waals surface area contributed by atoms with Crippen molar-refractivity contribution >= 4 is 0 Å². The van der Waals surface area contributed by atoms with Gasteiger partial charge in [0.05, 0.1) is 0 Å². The minimum absolute atomic E-state index is 0.300. The first-order valence-corrected chi connectivity index (χ1v) is 18.5. The molecule has 0 aromatic rings. The van der Waals surface area contributed by atoms with E-state index < -0.39 is 6.23 Å². The van der Waals surface area contributed by atoms with E-state index >= 15 is 0 Å². The zero-order valence-electron chi connectivity index (χ0n) is 27.7. The van der Waals surface area contributed by atoms with E-state index in [1.807, 2.05) is 0 Å². The highest BCUT2D eigenvalue weighted by Crippen LogP contribution is 2.21. The Labute approximate surface area is 253 Å². The molecule has 0 aliphatic carbocycles. The lowest BCUT2D eigenvalue weighted by Gasteiger charge is -2.19. The van der Waals surface area contributed by atoms with Crippen molar-refractivity contribution in [3.8, 4) is 0 Å². The monoisotopic (exact) mass is 562 g/mol. The molecule has 0 aromatic heterocycles. The Balaban J connectivity index is 3.46. The van der Waals surface area contributed by atoms with Gasteiger partial charge >= 0.3 is 0 Å². The van der Waals surface area contributed by atoms with Gasteiger partial charge in [-0.1, -0.05) is 167 Å². The van der Waals surface area contributed by atoms with Crippen molar-refractivity contribution in [2.75, 3.05) is 0 Å². The van der Waals surface area contributed by atoms with E-state index in [0.29, 0.717) is 5.92 Å². The molecule has 0 spiro atoms. The second-order valence-electron chi connectivity index (χ2n) is 12.7. The fourth-order valence-corrected chi connectivity index (χ4v) is 5.79. The van der Waals surface area contributed by atoms with Crippen LogP contribution in [0.4, 0.5) is 0 Å². The van der Waals surface area contributed by atoms with Gasteiger partial charge in [-0.2, -0.15) is 0 Å². The summed E-state index contributed by atoms with van der Waals surface area (Å²) in [5.74, 6) is 0.300. The fourth-order valence-electron chi connectivity index (χ4n) is 5.79. The van der Waals surface area contributed by atoms with Crippen molar-refractivity contribution in [2.45, 2.75) is 213 Å². The molecule has 0 radical (unpaired) electrons. The zero-order chi connectivity index (χ0) is 29.2. The molecule has 0 amide bonds. The molecule has 0 fully saturated rings. The average Bonchev–Trinajstić information content (AvgIpc) is 2.95. The van der Waals surface area contributed by atoms with Gasteiger partial charge < -0.3 is 10.8 Å². The minimum atomic E-state index is -0.633. The molecular weight excluding hydrogens is 486 g/mol. The molecule has 0 bridgehead atoms. The number of aliphatic hydroxyl groups is 1. The van der Waals surface area contributed by atoms with Crippen LogP contribution >= 0.6 is 0 Å². The van der Waals surface area contributed by atoms with Gasteiger partial charge in [0.2, 0.25) is 0 Å². The van der Waals surface area contributed by atoms with Crippen LogP contribution in [0.1, 0.15) is 206 Å². The first kappa shape index (κ1) is 39.4. The maximum Gasteiger partial charge on any atom is 0.105 e. The summed E-state index contributed by atoms with van der Waals surface area (Å²) in [6, 6.07) is 0. The predicted molar refractivity (Wildman–Crippen MR) is 182 cm³/mol. The molecule has 0 saturated heterocycles. The minimum Gasteiger partial charge on any atom is -0.379 e. The molecule has 0 aromatic carbocycles. The van der Waals surface area contributed by atoms with Gasteiger partial charge in [-0.3, -0.25) is 0 Å². The van der Waals surface area contributed by atoms with Crippen LogP contribution in [0.2, 0.25) is 0 Å². The highest BCUT2D eigenvalue weighted by molar-refractivity contribution is 4.82. The molecule has 0 heterocycles. The highest BCUT2D eigenvalue weighted by atomic mass is 16.3. The third-order valence-electron chi connectivity index (χ3n) is 8.66. The smallest absolute Gasteiger partial charge is 0.105 e. The Morgan fingerprint density at radius 2 is 0.650 bits per heavy atom. The molecule has 238 valence electrons. The van der Waals surface area contributed by atoms with Crippen molar-refractivity contribution in [1.29, 1.82) is 0 Å². The van der Waals surface area contributed by atoms with Crippen LogP contribution in [0.3, 0.4) is 0 Å². The van der Waals surface area contributed by atoms with E-state index in [9.17, 15) is 5.11 Å². The molecule has 3 N–H and O–H groups in total. The van der Waals surface area contributed by atoms with Crippen LogP contribution in [-0.4, -0.2) is 11.3 Å². The summed E-state index contributed by atoms with van der Waals surface area (Å²) in [5.41, 5.74) is 5.91. The summed E-state index contributed by atoms with van der Waals surface area (Å²) >= 11 is 0. The topological polar surface area (TPSA) is 46.2 Å². The molecule has 1 unspecified atom stereocenters. The van der Waals surface area contributed by atoms with E-state index in [1.165, 1.54) is 180 Å². The largest absolute Gasteiger partial charge is 0.379 e. The Bertz CT molecular complexity index is 470. The lowest BCUT2D eigenvalue weighted by molar-refractivity contribution is 0.0997. The quantitative estimate of drug-likeness (QED) is 0.0475. The number of rotatable bonds is 33. The first-order chi connectivity index (χ1) is 19.7. The zero-order valence-corrected chi connectivity index (χ0v) is 27.7. The maximum atomic E-state index is 10.0. The average molecular weight is 562 g/mol. The summed E-state index contributed by atoms with van der Waals surface area (Å²) in [6.07, 6.45) is 48.9. The molecule has 0 aliphatic rings. The molecule has 0 saturated carbocycles. The number of hydrogen-bond donors (Lipinski definition) is 2. The van der Waals surface area contributed by atoms with Crippen molar-refractivity contribution in [2.24, 2.45) is 11.7 Å².